The molecule has 0 unspecified atom stereocenters. The third-order valence-electron chi connectivity index (χ3n) is 7.67. The van der Waals surface area contributed by atoms with E-state index in [2.05, 4.69) is 32.9 Å². The number of benzene rings is 1. The zero-order valence-corrected chi connectivity index (χ0v) is 20.4. The molecule has 8 nitrogen and oxygen atoms in total. The van der Waals surface area contributed by atoms with E-state index in [-0.39, 0.29) is 0 Å². The van der Waals surface area contributed by atoms with Gasteiger partial charge < -0.3 is 25.1 Å². The van der Waals surface area contributed by atoms with E-state index in [4.69, 9.17) is 0 Å². The lowest BCUT2D eigenvalue weighted by molar-refractivity contribution is 0.0691. The van der Waals surface area contributed by atoms with E-state index >= 15 is 0 Å². The van der Waals surface area contributed by atoms with E-state index < -0.39 is 22.8 Å². The number of nitrogens with zero attached hydrogens (tertiary/aromatic N) is 2. The Morgan fingerprint density at radius 1 is 1.17 bits per heavy atom. The Hall–Kier alpha value is -3.10. The van der Waals surface area contributed by atoms with E-state index in [9.17, 15) is 19.8 Å². The molecule has 1 saturated carbocycles. The summed E-state index contributed by atoms with van der Waals surface area (Å²) in [6.45, 7) is 6.06. The number of aromatic hydroxyl groups is 1. The lowest BCUT2D eigenvalue weighted by Crippen LogP contribution is -2.43. The number of aromatic carboxylic acids is 1. The van der Waals surface area contributed by atoms with Gasteiger partial charge in [0.05, 0.1) is 5.69 Å². The van der Waals surface area contributed by atoms with Gasteiger partial charge >= 0.3 is 5.97 Å². The molecule has 1 aliphatic heterocycles. The van der Waals surface area contributed by atoms with Crippen molar-refractivity contribution in [2.24, 2.45) is 13.0 Å². The van der Waals surface area contributed by atoms with Crippen LogP contribution in [-0.4, -0.2) is 56.3 Å². The zero-order chi connectivity index (χ0) is 24.7. The molecule has 0 radical (unpaired) electrons. The lowest BCUT2D eigenvalue weighted by atomic mass is 9.99. The highest BCUT2D eigenvalue weighted by Gasteiger charge is 2.29. The number of hydrogen-bond acceptors (Lipinski definition) is 5. The number of aromatic nitrogens is 2. The van der Waals surface area contributed by atoms with Crippen LogP contribution in [0.5, 0.6) is 5.75 Å². The second-order valence-corrected chi connectivity index (χ2v) is 10.0. The summed E-state index contributed by atoms with van der Waals surface area (Å²) < 4.78 is 2.24. The number of aryl methyl sites for hydroxylation is 1. The maximum atomic E-state index is 12.4. The molecular weight excluding hydrogens is 444 g/mol. The fourth-order valence-corrected chi connectivity index (χ4v) is 5.49. The molecule has 0 spiro atoms. The van der Waals surface area contributed by atoms with E-state index in [1.807, 2.05) is 25.1 Å². The topological polar surface area (TPSA) is 111 Å². The van der Waals surface area contributed by atoms with Gasteiger partial charge in [-0.3, -0.25) is 9.69 Å². The Kier molecular flexibility index (Phi) is 6.42. The summed E-state index contributed by atoms with van der Waals surface area (Å²) in [5, 5.41) is 24.4. The number of carbonyl (C=O) groups is 1. The third kappa shape index (κ3) is 4.60. The molecule has 4 N–H and O–H groups in total. The highest BCUT2D eigenvalue weighted by atomic mass is 16.4. The summed E-state index contributed by atoms with van der Waals surface area (Å²) in [5.41, 5.74) is 2.60. The summed E-state index contributed by atoms with van der Waals surface area (Å²) in [4.78, 5) is 29.3. The molecule has 3 heterocycles. The normalized spacial score (nSPS) is 16.9. The number of hydrogen-bond donors (Lipinski definition) is 4. The first-order chi connectivity index (χ1) is 16.9. The third-order valence-corrected chi connectivity index (χ3v) is 7.67. The molecule has 35 heavy (non-hydrogen) atoms. The average molecular weight is 479 g/mol. The molecule has 186 valence electrons. The van der Waals surface area contributed by atoms with Crippen LogP contribution in [0.1, 0.15) is 54.2 Å². The summed E-state index contributed by atoms with van der Waals surface area (Å²) in [6, 6.07) is 8.79. The highest BCUT2D eigenvalue weighted by molar-refractivity contribution is 5.92. The van der Waals surface area contributed by atoms with Crippen molar-refractivity contribution in [1.82, 2.24) is 19.8 Å². The van der Waals surface area contributed by atoms with Crippen molar-refractivity contribution >= 4 is 16.9 Å². The van der Waals surface area contributed by atoms with Crippen molar-refractivity contribution in [2.75, 3.05) is 19.6 Å². The first kappa shape index (κ1) is 23.6. The molecule has 1 saturated heterocycles. The minimum Gasteiger partial charge on any atom is -0.506 e. The molecule has 2 aromatic heterocycles. The van der Waals surface area contributed by atoms with Gasteiger partial charge in [0, 0.05) is 48.3 Å². The van der Waals surface area contributed by atoms with Crippen molar-refractivity contribution in [2.45, 2.75) is 51.6 Å². The molecule has 0 bridgehead atoms. The largest absolute Gasteiger partial charge is 0.506 e. The number of aromatic amines is 1. The number of piperidine rings is 1. The van der Waals surface area contributed by atoms with E-state index in [1.54, 1.807) is 0 Å². The summed E-state index contributed by atoms with van der Waals surface area (Å²) in [7, 11) is 2.10. The fourth-order valence-electron chi connectivity index (χ4n) is 5.49. The predicted octanol–water partition coefficient (Wildman–Crippen LogP) is 3.46. The highest BCUT2D eigenvalue weighted by Crippen LogP contribution is 2.34. The van der Waals surface area contributed by atoms with Crippen molar-refractivity contribution in [1.29, 1.82) is 0 Å². The van der Waals surface area contributed by atoms with Crippen LogP contribution in [0.3, 0.4) is 0 Å². The minimum absolute atomic E-state index is 0.392. The number of H-pyrrole nitrogens is 1. The molecule has 2 fully saturated rings. The number of pyridine rings is 1. The van der Waals surface area contributed by atoms with Gasteiger partial charge in [0.2, 0.25) is 0 Å². The Labute approximate surface area is 204 Å². The van der Waals surface area contributed by atoms with Crippen LogP contribution < -0.4 is 10.9 Å². The number of nitrogens with one attached hydrogen (secondary N) is 2. The van der Waals surface area contributed by atoms with E-state index in [0.29, 0.717) is 23.7 Å². The monoisotopic (exact) mass is 478 g/mol. The summed E-state index contributed by atoms with van der Waals surface area (Å²) in [5.74, 6) is -1.06. The molecule has 5 rings (SSSR count). The van der Waals surface area contributed by atoms with Crippen molar-refractivity contribution in [3.8, 4) is 17.0 Å². The van der Waals surface area contributed by atoms with E-state index in [1.165, 1.54) is 31.4 Å². The maximum Gasteiger partial charge on any atom is 0.345 e. The van der Waals surface area contributed by atoms with Gasteiger partial charge in [0.15, 0.2) is 5.56 Å². The Balaban J connectivity index is 1.50. The lowest BCUT2D eigenvalue weighted by Gasteiger charge is -2.35. The first-order valence-electron chi connectivity index (χ1n) is 12.6. The maximum absolute atomic E-state index is 12.4. The standard InChI is InChI=1S/C27H34N4O4/c1-3-21-24(29-26(33)23(25(21)32)27(34)35)17-6-7-22-18(12-17)13-20(30(22)2)15-31(14-16-4-5-16)19-8-10-28-11-9-19/h6-7,12-13,16,19,28H,3-5,8-11,14-15H2,1-2H3,(H,34,35)(H2,29,32,33). The van der Waals surface area contributed by atoms with Gasteiger partial charge in [-0.2, -0.15) is 0 Å². The van der Waals surface area contributed by atoms with Crippen molar-refractivity contribution < 1.29 is 15.0 Å². The molecule has 1 aromatic carbocycles. The quantitative estimate of drug-likeness (QED) is 0.395. The van der Waals surface area contributed by atoms with Gasteiger partial charge in [-0.25, -0.2) is 4.79 Å². The van der Waals surface area contributed by atoms with Crippen molar-refractivity contribution in [3.63, 3.8) is 0 Å². The second-order valence-electron chi connectivity index (χ2n) is 10.0. The molecule has 2 aliphatic rings. The SMILES string of the molecule is CCc1c(-c2ccc3c(c2)cc(CN(CC2CC2)C2CCNCC2)n3C)[nH]c(=O)c(C(=O)O)c1O. The Morgan fingerprint density at radius 2 is 1.91 bits per heavy atom. The zero-order valence-electron chi connectivity index (χ0n) is 20.4. The number of rotatable bonds is 8. The van der Waals surface area contributed by atoms with Crippen LogP contribution in [-0.2, 0) is 20.0 Å². The van der Waals surface area contributed by atoms with Crippen LogP contribution in [0.2, 0.25) is 0 Å². The number of fused-ring (bicyclic) bond motifs is 1. The van der Waals surface area contributed by atoms with Crippen LogP contribution >= 0.6 is 0 Å². The Morgan fingerprint density at radius 3 is 2.57 bits per heavy atom. The smallest absolute Gasteiger partial charge is 0.345 e. The van der Waals surface area contributed by atoms with Crippen LogP contribution in [0.15, 0.2) is 29.1 Å². The summed E-state index contributed by atoms with van der Waals surface area (Å²) >= 11 is 0. The molecule has 1 aliphatic carbocycles. The molecule has 8 heteroatoms. The summed E-state index contributed by atoms with van der Waals surface area (Å²) in [6.07, 6.45) is 5.44. The van der Waals surface area contributed by atoms with Gasteiger partial charge in [-0.1, -0.05) is 13.0 Å². The number of carboxylic acids is 1. The first-order valence-corrected chi connectivity index (χ1v) is 12.6. The molecule has 0 amide bonds. The molecule has 3 aromatic rings. The molecular formula is C27H34N4O4. The predicted molar refractivity (Wildman–Crippen MR) is 136 cm³/mol. The van der Waals surface area contributed by atoms with Crippen LogP contribution in [0.4, 0.5) is 0 Å². The second kappa shape index (κ2) is 9.51. The fraction of sp³-hybridized carbons (Fsp3) is 0.481. The van der Waals surface area contributed by atoms with E-state index in [0.717, 1.165) is 48.6 Å². The van der Waals surface area contributed by atoms with Crippen molar-refractivity contribution in [3.05, 3.63) is 51.4 Å². The van der Waals surface area contributed by atoms with Gasteiger partial charge in [0.1, 0.15) is 5.75 Å². The Bertz CT molecular complexity index is 1310. The average Bonchev–Trinajstić information content (AvgIpc) is 3.61. The van der Waals surface area contributed by atoms with Gasteiger partial charge in [-0.05, 0) is 74.9 Å². The minimum atomic E-state index is -1.43. The number of carboxylic acid groups (broad SMARTS) is 1. The van der Waals surface area contributed by atoms with Gasteiger partial charge in [0.25, 0.3) is 5.56 Å². The molecule has 0 atom stereocenters. The van der Waals surface area contributed by atoms with Crippen LogP contribution in [0, 0.1) is 5.92 Å². The van der Waals surface area contributed by atoms with Gasteiger partial charge in [-0.15, -0.1) is 0 Å². The van der Waals surface area contributed by atoms with Crippen LogP contribution in [0.25, 0.3) is 22.2 Å².